The molecule has 0 bridgehead atoms. The van der Waals surface area contributed by atoms with E-state index in [0.717, 1.165) is 29.9 Å². The van der Waals surface area contributed by atoms with Crippen molar-refractivity contribution in [3.63, 3.8) is 0 Å². The fourth-order valence-corrected chi connectivity index (χ4v) is 4.09. The van der Waals surface area contributed by atoms with Crippen molar-refractivity contribution < 1.29 is 33.5 Å². The van der Waals surface area contributed by atoms with Crippen LogP contribution >= 0.6 is 0 Å². The summed E-state index contributed by atoms with van der Waals surface area (Å²) in [6.45, 7) is 2.23. The van der Waals surface area contributed by atoms with Crippen molar-refractivity contribution in [2.45, 2.75) is 45.6 Å². The Labute approximate surface area is 233 Å². The van der Waals surface area contributed by atoms with Crippen molar-refractivity contribution in [2.24, 2.45) is 5.92 Å². The lowest BCUT2D eigenvalue weighted by Crippen LogP contribution is -2.43. The molecule has 10 heteroatoms. The van der Waals surface area contributed by atoms with E-state index < -0.39 is 17.8 Å². The minimum atomic E-state index is -0.940. The quantitative estimate of drug-likeness (QED) is 0.0995. The Hall–Kier alpha value is -4.44. The number of furan rings is 1. The number of carboxylic acid groups (broad SMARTS) is 1. The van der Waals surface area contributed by atoms with E-state index in [4.69, 9.17) is 14.4 Å². The van der Waals surface area contributed by atoms with E-state index in [2.05, 4.69) is 17.6 Å². The van der Waals surface area contributed by atoms with Gasteiger partial charge in [0.25, 0.3) is 5.91 Å². The van der Waals surface area contributed by atoms with Gasteiger partial charge >= 0.3 is 5.97 Å². The minimum absolute atomic E-state index is 0.0498. The normalized spacial score (nSPS) is 11.4. The van der Waals surface area contributed by atoms with Crippen LogP contribution in [0.3, 0.4) is 0 Å². The number of amides is 3. The van der Waals surface area contributed by atoms with E-state index >= 15 is 0 Å². The third-order valence-corrected chi connectivity index (χ3v) is 6.19. The maximum atomic E-state index is 13.0. The first kappa shape index (κ1) is 30.1. The summed E-state index contributed by atoms with van der Waals surface area (Å²) in [6, 6.07) is 19.4. The van der Waals surface area contributed by atoms with Crippen molar-refractivity contribution >= 4 is 24.2 Å². The maximum absolute atomic E-state index is 13.0. The molecule has 0 aliphatic rings. The van der Waals surface area contributed by atoms with E-state index in [-0.39, 0.29) is 37.9 Å². The summed E-state index contributed by atoms with van der Waals surface area (Å²) in [4.78, 5) is 53.8. The Balaban J connectivity index is 1.53. The van der Waals surface area contributed by atoms with E-state index in [1.165, 1.54) is 6.07 Å². The number of rotatable bonds is 17. The van der Waals surface area contributed by atoms with Crippen molar-refractivity contribution in [1.29, 1.82) is 0 Å². The van der Waals surface area contributed by atoms with Crippen molar-refractivity contribution in [1.82, 2.24) is 15.7 Å². The van der Waals surface area contributed by atoms with Gasteiger partial charge in [-0.1, -0.05) is 74.7 Å². The fourth-order valence-electron chi connectivity index (χ4n) is 4.09. The van der Waals surface area contributed by atoms with Crippen molar-refractivity contribution in [3.05, 3.63) is 83.6 Å². The predicted molar refractivity (Wildman–Crippen MR) is 148 cm³/mol. The highest BCUT2D eigenvalue weighted by molar-refractivity contribution is 5.92. The number of carbonyl (C=O) groups excluding carboxylic acids is 3. The third-order valence-electron chi connectivity index (χ3n) is 6.19. The van der Waals surface area contributed by atoms with Crippen LogP contribution in [-0.2, 0) is 32.2 Å². The number of benzene rings is 2. The van der Waals surface area contributed by atoms with Gasteiger partial charge in [0.05, 0.1) is 25.6 Å². The smallest absolute Gasteiger partial charge is 0.307 e. The number of hydrogen-bond donors (Lipinski definition) is 3. The first-order valence-electron chi connectivity index (χ1n) is 13.2. The second-order valence-electron chi connectivity index (χ2n) is 9.32. The average molecular weight is 550 g/mol. The van der Waals surface area contributed by atoms with Gasteiger partial charge in [-0.15, -0.1) is 0 Å². The molecule has 1 atom stereocenters. The first-order chi connectivity index (χ1) is 19.4. The standard InChI is InChI=1S/C30H35N3O7/c1-2-3-5-12-25(18-33(21-34)39-19-22-9-6-4-7-10-22)29(37)31-20-32-30(38)27-15-14-26(40-27)24-13-8-11-23(16-24)17-28(35)36/h4,6-11,13-16,21,25H,2-3,5,12,17-20H2,1H3,(H,31,37)(H,32,38)(H,35,36). The number of hydroxylamine groups is 2. The highest BCUT2D eigenvalue weighted by atomic mass is 16.7. The molecule has 3 N–H and O–H groups in total. The van der Waals surface area contributed by atoms with Crippen LogP contribution in [-0.4, -0.2) is 47.6 Å². The van der Waals surface area contributed by atoms with Crippen LogP contribution in [0.1, 0.15) is 54.3 Å². The second-order valence-corrected chi connectivity index (χ2v) is 9.32. The van der Waals surface area contributed by atoms with Gasteiger partial charge in [0.15, 0.2) is 5.76 Å². The number of nitrogens with one attached hydrogen (secondary N) is 2. The number of nitrogens with zero attached hydrogens (tertiary/aromatic N) is 1. The highest BCUT2D eigenvalue weighted by Crippen LogP contribution is 2.23. The molecular weight excluding hydrogens is 514 g/mol. The number of unbranched alkanes of at least 4 members (excludes halogenated alkanes) is 2. The lowest BCUT2D eigenvalue weighted by Gasteiger charge is -2.23. The third kappa shape index (κ3) is 9.70. The number of carbonyl (C=O) groups is 4. The lowest BCUT2D eigenvalue weighted by atomic mass is 10.0. The van der Waals surface area contributed by atoms with Crippen LogP contribution in [0.2, 0.25) is 0 Å². The van der Waals surface area contributed by atoms with Gasteiger partial charge in [0, 0.05) is 5.56 Å². The minimum Gasteiger partial charge on any atom is -0.481 e. The van der Waals surface area contributed by atoms with Crippen LogP contribution in [0.4, 0.5) is 0 Å². The Bertz CT molecular complexity index is 1260. The summed E-state index contributed by atoms with van der Waals surface area (Å²) >= 11 is 0. The molecule has 3 amide bonds. The van der Waals surface area contributed by atoms with Gasteiger partial charge in [-0.2, -0.15) is 0 Å². The molecule has 0 aliphatic heterocycles. The van der Waals surface area contributed by atoms with Gasteiger partial charge in [-0.05, 0) is 35.7 Å². The largest absolute Gasteiger partial charge is 0.481 e. The molecule has 3 rings (SSSR count). The Kier molecular flexibility index (Phi) is 11.9. The van der Waals surface area contributed by atoms with Gasteiger partial charge in [-0.25, -0.2) is 5.06 Å². The van der Waals surface area contributed by atoms with Crippen molar-refractivity contribution in [2.75, 3.05) is 13.2 Å². The van der Waals surface area contributed by atoms with E-state index in [0.29, 0.717) is 29.7 Å². The first-order valence-corrected chi connectivity index (χ1v) is 13.2. The monoisotopic (exact) mass is 549 g/mol. The molecule has 40 heavy (non-hydrogen) atoms. The summed E-state index contributed by atoms with van der Waals surface area (Å²) in [5.74, 6) is -1.81. The van der Waals surface area contributed by atoms with Crippen LogP contribution in [0.15, 0.2) is 71.1 Å². The molecule has 3 aromatic rings. The summed E-state index contributed by atoms with van der Waals surface area (Å²) in [5.41, 5.74) is 2.16. The molecule has 0 spiro atoms. The number of carboxylic acids is 1. The van der Waals surface area contributed by atoms with Gasteiger partial charge in [-0.3, -0.25) is 24.0 Å². The molecule has 0 saturated carbocycles. The molecular formula is C30H35N3O7. The van der Waals surface area contributed by atoms with Gasteiger partial charge in [0.2, 0.25) is 12.3 Å². The fraction of sp³-hybridized carbons (Fsp3) is 0.333. The van der Waals surface area contributed by atoms with Crippen LogP contribution in [0, 0.1) is 5.92 Å². The predicted octanol–water partition coefficient (Wildman–Crippen LogP) is 4.16. The topological polar surface area (TPSA) is 138 Å². The summed E-state index contributed by atoms with van der Waals surface area (Å²) in [7, 11) is 0. The van der Waals surface area contributed by atoms with Crippen LogP contribution in [0.25, 0.3) is 11.3 Å². The zero-order valence-corrected chi connectivity index (χ0v) is 22.5. The van der Waals surface area contributed by atoms with E-state index in [1.807, 2.05) is 30.3 Å². The SMILES string of the molecule is CCCCCC(CN(C=O)OCc1ccccc1)C(=O)NCNC(=O)c1ccc(-c2cccc(CC(=O)O)c2)o1. The molecule has 0 aliphatic carbocycles. The maximum Gasteiger partial charge on any atom is 0.307 e. The average Bonchev–Trinajstić information content (AvgIpc) is 3.45. The number of aliphatic carboxylic acids is 1. The number of hydrogen-bond acceptors (Lipinski definition) is 6. The molecule has 0 saturated heterocycles. The van der Waals surface area contributed by atoms with Crippen LogP contribution in [0.5, 0.6) is 0 Å². The Morgan fingerprint density at radius 1 is 1.00 bits per heavy atom. The second kappa shape index (κ2) is 15.8. The molecule has 1 aromatic heterocycles. The summed E-state index contributed by atoms with van der Waals surface area (Å²) < 4.78 is 5.66. The van der Waals surface area contributed by atoms with Crippen LogP contribution < -0.4 is 10.6 Å². The molecule has 1 unspecified atom stereocenters. The molecule has 10 nitrogen and oxygen atoms in total. The van der Waals surface area contributed by atoms with Gasteiger partial charge < -0.3 is 20.2 Å². The molecule has 2 aromatic carbocycles. The van der Waals surface area contributed by atoms with E-state index in [9.17, 15) is 19.2 Å². The Morgan fingerprint density at radius 2 is 1.77 bits per heavy atom. The molecule has 212 valence electrons. The highest BCUT2D eigenvalue weighted by Gasteiger charge is 2.22. The lowest BCUT2D eigenvalue weighted by molar-refractivity contribution is -0.182. The molecule has 0 fully saturated rings. The molecule has 1 heterocycles. The van der Waals surface area contributed by atoms with Crippen molar-refractivity contribution in [3.8, 4) is 11.3 Å². The van der Waals surface area contributed by atoms with Gasteiger partial charge in [0.1, 0.15) is 12.4 Å². The zero-order valence-electron chi connectivity index (χ0n) is 22.5. The zero-order chi connectivity index (χ0) is 28.7. The summed E-state index contributed by atoms with van der Waals surface area (Å²) in [5, 5.41) is 15.5. The summed E-state index contributed by atoms with van der Waals surface area (Å²) in [6.07, 6.45) is 3.76. The van der Waals surface area contributed by atoms with E-state index in [1.54, 1.807) is 30.3 Å². The molecule has 0 radical (unpaired) electrons. The Morgan fingerprint density at radius 3 is 2.50 bits per heavy atom.